The molecule has 2 rings (SSSR count). The van der Waals surface area contributed by atoms with E-state index in [9.17, 15) is 0 Å². The SMILES string of the molecule is CCCNC(c1ccnnc1)c1ccco1. The Balaban J connectivity index is 2.21. The minimum Gasteiger partial charge on any atom is -0.467 e. The average Bonchev–Trinajstić information content (AvgIpc) is 2.85. The van der Waals surface area contributed by atoms with Gasteiger partial charge in [0.25, 0.3) is 0 Å². The Hall–Kier alpha value is -1.68. The van der Waals surface area contributed by atoms with Gasteiger partial charge in [0.15, 0.2) is 0 Å². The molecule has 0 amide bonds. The fourth-order valence-electron chi connectivity index (χ4n) is 1.60. The summed E-state index contributed by atoms with van der Waals surface area (Å²) in [6, 6.07) is 5.87. The molecule has 16 heavy (non-hydrogen) atoms. The van der Waals surface area contributed by atoms with Gasteiger partial charge in [0.1, 0.15) is 5.76 Å². The minimum atomic E-state index is 0.0606. The standard InChI is InChI=1S/C12H15N3O/c1-2-6-13-12(11-4-3-8-16-11)10-5-7-14-15-9-10/h3-5,7-9,12-13H,2,6H2,1H3. The van der Waals surface area contributed by atoms with Crippen LogP contribution in [0.2, 0.25) is 0 Å². The molecule has 4 heteroatoms. The number of furan rings is 1. The summed E-state index contributed by atoms with van der Waals surface area (Å²) < 4.78 is 5.44. The van der Waals surface area contributed by atoms with Crippen LogP contribution in [0.5, 0.6) is 0 Å². The number of nitrogens with zero attached hydrogens (tertiary/aromatic N) is 2. The van der Waals surface area contributed by atoms with Crippen LogP contribution in [0.1, 0.15) is 30.7 Å². The van der Waals surface area contributed by atoms with Crippen molar-refractivity contribution in [3.63, 3.8) is 0 Å². The Labute approximate surface area is 94.7 Å². The number of aromatic nitrogens is 2. The molecule has 2 aromatic heterocycles. The van der Waals surface area contributed by atoms with Gasteiger partial charge in [-0.15, -0.1) is 0 Å². The first-order valence-corrected chi connectivity index (χ1v) is 5.45. The molecule has 1 N–H and O–H groups in total. The highest BCUT2D eigenvalue weighted by atomic mass is 16.3. The van der Waals surface area contributed by atoms with Crippen LogP contribution in [0, 0.1) is 0 Å². The monoisotopic (exact) mass is 217 g/mol. The number of rotatable bonds is 5. The zero-order chi connectivity index (χ0) is 11.2. The molecule has 4 nitrogen and oxygen atoms in total. The molecule has 0 saturated heterocycles. The quantitative estimate of drug-likeness (QED) is 0.833. The van der Waals surface area contributed by atoms with Gasteiger partial charge < -0.3 is 9.73 Å². The second-order valence-electron chi connectivity index (χ2n) is 3.58. The second kappa shape index (κ2) is 5.42. The molecule has 0 saturated carbocycles. The van der Waals surface area contributed by atoms with E-state index in [0.717, 1.165) is 24.3 Å². The Bertz CT molecular complexity index is 399. The van der Waals surface area contributed by atoms with Gasteiger partial charge in [0, 0.05) is 6.20 Å². The molecule has 0 aliphatic heterocycles. The molecular formula is C12H15N3O. The van der Waals surface area contributed by atoms with Crippen LogP contribution in [0.25, 0.3) is 0 Å². The summed E-state index contributed by atoms with van der Waals surface area (Å²) in [7, 11) is 0. The summed E-state index contributed by atoms with van der Waals surface area (Å²) in [6.07, 6.45) is 6.22. The lowest BCUT2D eigenvalue weighted by Gasteiger charge is -2.15. The lowest BCUT2D eigenvalue weighted by molar-refractivity contribution is 0.445. The van der Waals surface area contributed by atoms with Gasteiger partial charge in [-0.3, -0.25) is 0 Å². The highest BCUT2D eigenvalue weighted by Gasteiger charge is 2.15. The van der Waals surface area contributed by atoms with Crippen molar-refractivity contribution in [1.29, 1.82) is 0 Å². The van der Waals surface area contributed by atoms with E-state index in [4.69, 9.17) is 4.42 Å². The van der Waals surface area contributed by atoms with Crippen molar-refractivity contribution in [3.8, 4) is 0 Å². The van der Waals surface area contributed by atoms with E-state index in [0.29, 0.717) is 0 Å². The van der Waals surface area contributed by atoms with Gasteiger partial charge in [-0.2, -0.15) is 10.2 Å². The van der Waals surface area contributed by atoms with Gasteiger partial charge >= 0.3 is 0 Å². The van der Waals surface area contributed by atoms with Crippen molar-refractivity contribution >= 4 is 0 Å². The third-order valence-corrected chi connectivity index (χ3v) is 2.37. The van der Waals surface area contributed by atoms with E-state index < -0.39 is 0 Å². The topological polar surface area (TPSA) is 51.0 Å². The Morgan fingerprint density at radius 1 is 1.38 bits per heavy atom. The zero-order valence-corrected chi connectivity index (χ0v) is 9.26. The van der Waals surface area contributed by atoms with Gasteiger partial charge in [-0.1, -0.05) is 6.92 Å². The molecule has 0 aliphatic rings. The summed E-state index contributed by atoms with van der Waals surface area (Å²) in [5.41, 5.74) is 1.07. The Morgan fingerprint density at radius 3 is 2.94 bits per heavy atom. The van der Waals surface area contributed by atoms with Crippen LogP contribution in [0.15, 0.2) is 41.3 Å². The highest BCUT2D eigenvalue weighted by molar-refractivity contribution is 5.22. The summed E-state index contributed by atoms with van der Waals surface area (Å²) in [5, 5.41) is 11.1. The molecular weight excluding hydrogens is 202 g/mol. The van der Waals surface area contributed by atoms with Crippen LogP contribution in [0.3, 0.4) is 0 Å². The summed E-state index contributed by atoms with van der Waals surface area (Å²) in [5.74, 6) is 0.904. The predicted octanol–water partition coefficient (Wildman–Crippen LogP) is 2.16. The molecule has 0 radical (unpaired) electrons. The van der Waals surface area contributed by atoms with Gasteiger partial charge in [-0.25, -0.2) is 0 Å². The largest absolute Gasteiger partial charge is 0.467 e. The van der Waals surface area contributed by atoms with Crippen LogP contribution < -0.4 is 5.32 Å². The van der Waals surface area contributed by atoms with Crippen molar-refractivity contribution in [2.75, 3.05) is 6.54 Å². The van der Waals surface area contributed by atoms with E-state index in [1.54, 1.807) is 18.7 Å². The Kier molecular flexibility index (Phi) is 3.66. The molecule has 0 fully saturated rings. The van der Waals surface area contributed by atoms with Gasteiger partial charge in [0.05, 0.1) is 18.5 Å². The maximum absolute atomic E-state index is 5.44. The average molecular weight is 217 g/mol. The van der Waals surface area contributed by atoms with Crippen LogP contribution in [-0.2, 0) is 0 Å². The third-order valence-electron chi connectivity index (χ3n) is 2.37. The number of hydrogen-bond acceptors (Lipinski definition) is 4. The smallest absolute Gasteiger partial charge is 0.125 e. The molecule has 0 spiro atoms. The van der Waals surface area contributed by atoms with Crippen molar-refractivity contribution in [2.24, 2.45) is 0 Å². The summed E-state index contributed by atoms with van der Waals surface area (Å²) in [6.45, 7) is 3.07. The molecule has 0 bridgehead atoms. The van der Waals surface area contributed by atoms with Gasteiger partial charge in [-0.05, 0) is 36.7 Å². The fraction of sp³-hybridized carbons (Fsp3) is 0.333. The van der Waals surface area contributed by atoms with Gasteiger partial charge in [0.2, 0.25) is 0 Å². The van der Waals surface area contributed by atoms with Crippen molar-refractivity contribution in [3.05, 3.63) is 48.2 Å². The van der Waals surface area contributed by atoms with E-state index in [-0.39, 0.29) is 6.04 Å². The zero-order valence-electron chi connectivity index (χ0n) is 9.26. The molecule has 0 aliphatic carbocycles. The van der Waals surface area contributed by atoms with Crippen LogP contribution >= 0.6 is 0 Å². The lowest BCUT2D eigenvalue weighted by atomic mass is 10.1. The minimum absolute atomic E-state index is 0.0606. The molecule has 1 atom stereocenters. The maximum atomic E-state index is 5.44. The van der Waals surface area contributed by atoms with Crippen LogP contribution in [0.4, 0.5) is 0 Å². The molecule has 84 valence electrons. The molecule has 1 unspecified atom stereocenters. The normalized spacial score (nSPS) is 12.6. The lowest BCUT2D eigenvalue weighted by Crippen LogP contribution is -2.22. The molecule has 0 aromatic carbocycles. The van der Waals surface area contributed by atoms with E-state index >= 15 is 0 Å². The van der Waals surface area contributed by atoms with E-state index in [1.165, 1.54) is 0 Å². The number of hydrogen-bond donors (Lipinski definition) is 1. The second-order valence-corrected chi connectivity index (χ2v) is 3.58. The van der Waals surface area contributed by atoms with E-state index in [1.807, 2.05) is 18.2 Å². The third kappa shape index (κ3) is 2.46. The summed E-state index contributed by atoms with van der Waals surface area (Å²) in [4.78, 5) is 0. The van der Waals surface area contributed by atoms with E-state index in [2.05, 4.69) is 22.4 Å². The highest BCUT2D eigenvalue weighted by Crippen LogP contribution is 2.21. The number of nitrogens with one attached hydrogen (secondary N) is 1. The first-order valence-electron chi connectivity index (χ1n) is 5.45. The molecule has 2 heterocycles. The predicted molar refractivity (Wildman–Crippen MR) is 60.9 cm³/mol. The fourth-order valence-corrected chi connectivity index (χ4v) is 1.60. The Morgan fingerprint density at radius 2 is 2.31 bits per heavy atom. The van der Waals surface area contributed by atoms with Crippen molar-refractivity contribution in [1.82, 2.24) is 15.5 Å². The first kappa shape index (κ1) is 10.8. The van der Waals surface area contributed by atoms with Crippen molar-refractivity contribution in [2.45, 2.75) is 19.4 Å². The van der Waals surface area contributed by atoms with Crippen molar-refractivity contribution < 1.29 is 4.42 Å². The van der Waals surface area contributed by atoms with Crippen LogP contribution in [-0.4, -0.2) is 16.7 Å². The first-order chi connectivity index (χ1) is 7.92. The molecule has 2 aromatic rings. The maximum Gasteiger partial charge on any atom is 0.125 e. The summed E-state index contributed by atoms with van der Waals surface area (Å²) >= 11 is 0.